The molecular formula is C21H23ClN2O. The second-order valence-corrected chi connectivity index (χ2v) is 7.64. The van der Waals surface area contributed by atoms with Gasteiger partial charge in [-0.3, -0.25) is 4.79 Å². The van der Waals surface area contributed by atoms with Crippen LogP contribution in [-0.4, -0.2) is 28.9 Å². The number of aromatic nitrogens is 1. The molecule has 1 unspecified atom stereocenters. The maximum Gasteiger partial charge on any atom is 0.272 e. The number of pyridine rings is 1. The number of benzene rings is 1. The highest BCUT2D eigenvalue weighted by atomic mass is 35.5. The molecule has 1 saturated heterocycles. The Morgan fingerprint density at radius 2 is 1.80 bits per heavy atom. The van der Waals surface area contributed by atoms with Crippen LogP contribution in [0.5, 0.6) is 0 Å². The van der Waals surface area contributed by atoms with Gasteiger partial charge in [0, 0.05) is 23.7 Å². The summed E-state index contributed by atoms with van der Waals surface area (Å²) in [5, 5.41) is 0.655. The number of likely N-dealkylation sites (tertiary alicyclic amines) is 1. The zero-order chi connectivity index (χ0) is 17.2. The normalized spacial score (nSPS) is 23.2. The first-order chi connectivity index (χ1) is 12.2. The van der Waals surface area contributed by atoms with Gasteiger partial charge in [-0.2, -0.15) is 0 Å². The molecule has 3 nitrogen and oxygen atoms in total. The molecule has 0 bridgehead atoms. The molecule has 1 aromatic carbocycles. The van der Waals surface area contributed by atoms with Crippen LogP contribution in [0.3, 0.4) is 0 Å². The summed E-state index contributed by atoms with van der Waals surface area (Å²) in [7, 11) is 0. The second kappa shape index (κ2) is 7.17. The fourth-order valence-corrected chi connectivity index (χ4v) is 4.55. The summed E-state index contributed by atoms with van der Waals surface area (Å²) in [6, 6.07) is 13.2. The molecule has 1 aliphatic carbocycles. The van der Waals surface area contributed by atoms with Crippen molar-refractivity contribution in [2.75, 3.05) is 13.1 Å². The average molecular weight is 355 g/mol. The Morgan fingerprint density at radius 1 is 1.00 bits per heavy atom. The Labute approximate surface area is 154 Å². The van der Waals surface area contributed by atoms with Crippen molar-refractivity contribution in [3.05, 3.63) is 53.2 Å². The van der Waals surface area contributed by atoms with E-state index in [0.29, 0.717) is 16.6 Å². The molecule has 25 heavy (non-hydrogen) atoms. The van der Waals surface area contributed by atoms with Crippen LogP contribution >= 0.6 is 11.6 Å². The Kier molecular flexibility index (Phi) is 4.76. The van der Waals surface area contributed by atoms with Crippen LogP contribution in [0.15, 0.2) is 42.5 Å². The number of amides is 1. The predicted molar refractivity (Wildman–Crippen MR) is 101 cm³/mol. The smallest absolute Gasteiger partial charge is 0.272 e. The van der Waals surface area contributed by atoms with Crippen LogP contribution in [0, 0.1) is 11.8 Å². The van der Waals surface area contributed by atoms with Gasteiger partial charge in [-0.15, -0.1) is 0 Å². The van der Waals surface area contributed by atoms with Crippen molar-refractivity contribution in [1.29, 1.82) is 0 Å². The molecule has 130 valence electrons. The zero-order valence-corrected chi connectivity index (χ0v) is 15.1. The molecule has 2 heterocycles. The van der Waals surface area contributed by atoms with Crippen LogP contribution in [0.4, 0.5) is 0 Å². The molecule has 0 N–H and O–H groups in total. The molecule has 2 atom stereocenters. The standard InChI is InChI=1S/C21H23ClN2O/c22-18-9-4-3-8-17(18)19-10-5-11-20(23-19)21(25)24-13-12-15-6-1-2-7-16(15)14-24/h3-5,8-11,15-16H,1-2,6-7,12-14H2/t15?,16-/m1/s1. The molecule has 4 rings (SSSR count). The lowest BCUT2D eigenvalue weighted by Gasteiger charge is -2.41. The monoisotopic (exact) mass is 354 g/mol. The lowest BCUT2D eigenvalue weighted by Crippen LogP contribution is -2.45. The van der Waals surface area contributed by atoms with Gasteiger partial charge >= 0.3 is 0 Å². The highest BCUT2D eigenvalue weighted by Crippen LogP contribution is 2.36. The minimum Gasteiger partial charge on any atom is -0.337 e. The van der Waals surface area contributed by atoms with Crippen molar-refractivity contribution in [3.63, 3.8) is 0 Å². The van der Waals surface area contributed by atoms with E-state index >= 15 is 0 Å². The second-order valence-electron chi connectivity index (χ2n) is 7.23. The highest BCUT2D eigenvalue weighted by molar-refractivity contribution is 6.33. The number of hydrogen-bond donors (Lipinski definition) is 0. The summed E-state index contributed by atoms with van der Waals surface area (Å²) in [6.07, 6.45) is 6.41. The van der Waals surface area contributed by atoms with E-state index in [2.05, 4.69) is 4.98 Å². The maximum atomic E-state index is 13.0. The first-order valence-corrected chi connectivity index (χ1v) is 9.61. The number of piperidine rings is 1. The Balaban J connectivity index is 1.55. The minimum absolute atomic E-state index is 0.0536. The van der Waals surface area contributed by atoms with E-state index in [1.54, 1.807) is 0 Å². The summed E-state index contributed by atoms with van der Waals surface area (Å²) < 4.78 is 0. The van der Waals surface area contributed by atoms with E-state index in [4.69, 9.17) is 11.6 Å². The maximum absolute atomic E-state index is 13.0. The summed E-state index contributed by atoms with van der Waals surface area (Å²) in [4.78, 5) is 19.6. The fourth-order valence-electron chi connectivity index (χ4n) is 4.32. The van der Waals surface area contributed by atoms with Gasteiger partial charge in [0.2, 0.25) is 0 Å². The van der Waals surface area contributed by atoms with Gasteiger partial charge in [-0.25, -0.2) is 4.98 Å². The van der Waals surface area contributed by atoms with Crippen LogP contribution < -0.4 is 0 Å². The number of halogens is 1. The lowest BCUT2D eigenvalue weighted by atomic mass is 9.75. The third-order valence-electron chi connectivity index (χ3n) is 5.70. The van der Waals surface area contributed by atoms with Gasteiger partial charge in [0.15, 0.2) is 0 Å². The third kappa shape index (κ3) is 3.43. The SMILES string of the molecule is O=C(c1cccc(-c2ccccc2Cl)n1)N1CCC2CCCC[C@@H]2C1. The van der Waals surface area contributed by atoms with Crippen LogP contribution in [0.1, 0.15) is 42.6 Å². The van der Waals surface area contributed by atoms with Crippen molar-refractivity contribution in [2.24, 2.45) is 11.8 Å². The Morgan fingerprint density at radius 3 is 2.64 bits per heavy atom. The van der Waals surface area contributed by atoms with Crippen molar-refractivity contribution < 1.29 is 4.79 Å². The van der Waals surface area contributed by atoms with Crippen molar-refractivity contribution >= 4 is 17.5 Å². The fraction of sp³-hybridized carbons (Fsp3) is 0.429. The molecule has 2 aromatic rings. The molecular weight excluding hydrogens is 332 g/mol. The molecule has 1 amide bonds. The summed E-state index contributed by atoms with van der Waals surface area (Å²) in [6.45, 7) is 1.75. The number of fused-ring (bicyclic) bond motifs is 1. The molecule has 0 radical (unpaired) electrons. The molecule has 2 aliphatic rings. The van der Waals surface area contributed by atoms with Crippen molar-refractivity contribution in [2.45, 2.75) is 32.1 Å². The number of hydrogen-bond acceptors (Lipinski definition) is 2. The van der Waals surface area contributed by atoms with Gasteiger partial charge in [0.05, 0.1) is 5.69 Å². The average Bonchev–Trinajstić information content (AvgIpc) is 2.67. The Bertz CT molecular complexity index is 776. The van der Waals surface area contributed by atoms with E-state index in [-0.39, 0.29) is 5.91 Å². The van der Waals surface area contributed by atoms with Gasteiger partial charge in [-0.1, -0.05) is 55.1 Å². The zero-order valence-electron chi connectivity index (χ0n) is 14.3. The molecule has 1 saturated carbocycles. The molecule has 4 heteroatoms. The molecule has 0 spiro atoms. The van der Waals surface area contributed by atoms with Gasteiger partial charge in [0.1, 0.15) is 5.69 Å². The van der Waals surface area contributed by atoms with Gasteiger partial charge < -0.3 is 4.90 Å². The van der Waals surface area contributed by atoms with E-state index in [0.717, 1.165) is 36.7 Å². The predicted octanol–water partition coefficient (Wildman–Crippen LogP) is 5.05. The summed E-state index contributed by atoms with van der Waals surface area (Å²) in [5.74, 6) is 1.55. The number of nitrogens with zero attached hydrogens (tertiary/aromatic N) is 2. The third-order valence-corrected chi connectivity index (χ3v) is 6.03. The first kappa shape index (κ1) is 16.6. The van der Waals surface area contributed by atoms with Gasteiger partial charge in [-0.05, 0) is 42.9 Å². The molecule has 1 aliphatic heterocycles. The van der Waals surface area contributed by atoms with Gasteiger partial charge in [0.25, 0.3) is 5.91 Å². The molecule has 1 aromatic heterocycles. The quantitative estimate of drug-likeness (QED) is 0.755. The van der Waals surface area contributed by atoms with E-state index < -0.39 is 0 Å². The molecule has 2 fully saturated rings. The first-order valence-electron chi connectivity index (χ1n) is 9.23. The van der Waals surface area contributed by atoms with Crippen LogP contribution in [0.25, 0.3) is 11.3 Å². The van der Waals surface area contributed by atoms with E-state index in [9.17, 15) is 4.79 Å². The van der Waals surface area contributed by atoms with Crippen LogP contribution in [-0.2, 0) is 0 Å². The number of carbonyl (C=O) groups excluding carboxylic acids is 1. The topological polar surface area (TPSA) is 33.2 Å². The summed E-state index contributed by atoms with van der Waals surface area (Å²) in [5.41, 5.74) is 2.14. The lowest BCUT2D eigenvalue weighted by molar-refractivity contribution is 0.0515. The summed E-state index contributed by atoms with van der Waals surface area (Å²) >= 11 is 6.28. The van der Waals surface area contributed by atoms with Crippen LogP contribution in [0.2, 0.25) is 5.02 Å². The largest absolute Gasteiger partial charge is 0.337 e. The van der Waals surface area contributed by atoms with Crippen molar-refractivity contribution in [1.82, 2.24) is 9.88 Å². The highest BCUT2D eigenvalue weighted by Gasteiger charge is 2.33. The minimum atomic E-state index is 0.0536. The van der Waals surface area contributed by atoms with E-state index in [1.165, 1.54) is 25.7 Å². The number of carbonyl (C=O) groups is 1. The number of rotatable bonds is 2. The van der Waals surface area contributed by atoms with Crippen molar-refractivity contribution in [3.8, 4) is 11.3 Å². The van der Waals surface area contributed by atoms with E-state index in [1.807, 2.05) is 47.4 Å². The Hall–Kier alpha value is -1.87.